The van der Waals surface area contributed by atoms with Crippen LogP contribution in [0.25, 0.3) is 0 Å². The van der Waals surface area contributed by atoms with Crippen LogP contribution in [0.3, 0.4) is 0 Å². The number of amides is 1. The van der Waals surface area contributed by atoms with Crippen molar-refractivity contribution in [2.24, 2.45) is 0 Å². The van der Waals surface area contributed by atoms with Gasteiger partial charge in [-0.2, -0.15) is 5.26 Å². The van der Waals surface area contributed by atoms with Gasteiger partial charge in [0.15, 0.2) is 6.61 Å². The Labute approximate surface area is 173 Å². The summed E-state index contributed by atoms with van der Waals surface area (Å²) in [6.07, 6.45) is 0. The molecular formula is C22H19N3O5. The maximum atomic E-state index is 12.1. The number of ether oxygens (including phenoxy) is 2. The Morgan fingerprint density at radius 1 is 1.10 bits per heavy atom. The highest BCUT2D eigenvalue weighted by molar-refractivity contribution is 5.95. The van der Waals surface area contributed by atoms with Gasteiger partial charge in [-0.05, 0) is 62.4 Å². The van der Waals surface area contributed by atoms with Crippen molar-refractivity contribution in [2.75, 3.05) is 11.9 Å². The summed E-state index contributed by atoms with van der Waals surface area (Å²) in [5.41, 5.74) is 2.94. The molecule has 0 fully saturated rings. The van der Waals surface area contributed by atoms with Gasteiger partial charge in [-0.1, -0.05) is 5.16 Å². The molecule has 3 aromatic rings. The number of hydrogen-bond donors (Lipinski definition) is 1. The molecule has 0 aliphatic heterocycles. The number of benzene rings is 2. The van der Waals surface area contributed by atoms with Crippen LogP contribution < -0.4 is 10.1 Å². The number of nitrogens with zero attached hydrogens (tertiary/aromatic N) is 2. The van der Waals surface area contributed by atoms with Crippen LogP contribution in [0.5, 0.6) is 5.75 Å². The first-order valence-electron chi connectivity index (χ1n) is 9.08. The Balaban J connectivity index is 1.48. The minimum Gasteiger partial charge on any atom is -0.489 e. The maximum absolute atomic E-state index is 12.1. The molecule has 0 aliphatic rings. The Morgan fingerprint density at radius 2 is 1.80 bits per heavy atom. The van der Waals surface area contributed by atoms with E-state index in [0.717, 1.165) is 11.3 Å². The number of nitrogens with one attached hydrogen (secondary N) is 1. The van der Waals surface area contributed by atoms with Gasteiger partial charge in [0.1, 0.15) is 18.1 Å². The average molecular weight is 405 g/mol. The Hall–Kier alpha value is -4.12. The fraction of sp³-hybridized carbons (Fsp3) is 0.182. The fourth-order valence-corrected chi connectivity index (χ4v) is 2.59. The molecule has 0 saturated carbocycles. The zero-order chi connectivity index (χ0) is 21.5. The average Bonchev–Trinajstić information content (AvgIpc) is 3.08. The number of aromatic nitrogens is 1. The largest absolute Gasteiger partial charge is 0.489 e. The second-order valence-corrected chi connectivity index (χ2v) is 6.43. The first-order valence-corrected chi connectivity index (χ1v) is 9.08. The van der Waals surface area contributed by atoms with Crippen molar-refractivity contribution >= 4 is 17.6 Å². The number of nitriles is 1. The number of hydrogen-bond acceptors (Lipinski definition) is 7. The third-order valence-corrected chi connectivity index (χ3v) is 4.29. The van der Waals surface area contributed by atoms with Gasteiger partial charge < -0.3 is 19.3 Å². The molecule has 0 saturated heterocycles. The minimum atomic E-state index is -0.623. The Bertz CT molecular complexity index is 1060. The lowest BCUT2D eigenvalue weighted by Gasteiger charge is -2.08. The van der Waals surface area contributed by atoms with Crippen LogP contribution in [0, 0.1) is 25.2 Å². The minimum absolute atomic E-state index is 0.297. The van der Waals surface area contributed by atoms with Crippen molar-refractivity contribution in [1.82, 2.24) is 5.16 Å². The molecule has 152 valence electrons. The first kappa shape index (κ1) is 20.6. The van der Waals surface area contributed by atoms with Crippen LogP contribution in [0.1, 0.15) is 32.9 Å². The van der Waals surface area contributed by atoms with Crippen molar-refractivity contribution in [2.45, 2.75) is 20.5 Å². The summed E-state index contributed by atoms with van der Waals surface area (Å²) in [6.45, 7) is 3.53. The summed E-state index contributed by atoms with van der Waals surface area (Å²) >= 11 is 0. The molecular weight excluding hydrogens is 386 g/mol. The van der Waals surface area contributed by atoms with E-state index in [-0.39, 0.29) is 0 Å². The van der Waals surface area contributed by atoms with E-state index in [1.54, 1.807) is 48.5 Å². The van der Waals surface area contributed by atoms with Gasteiger partial charge in [0.2, 0.25) is 0 Å². The predicted molar refractivity (Wildman–Crippen MR) is 107 cm³/mol. The molecule has 8 nitrogen and oxygen atoms in total. The molecule has 2 aromatic carbocycles. The SMILES string of the molecule is Cc1noc(C)c1COc1ccc(C(=O)OCC(=O)Nc2ccc(C#N)cc2)cc1. The van der Waals surface area contributed by atoms with Crippen LogP contribution in [0.4, 0.5) is 5.69 Å². The van der Waals surface area contributed by atoms with E-state index >= 15 is 0 Å². The zero-order valence-electron chi connectivity index (χ0n) is 16.5. The molecule has 0 radical (unpaired) electrons. The van der Waals surface area contributed by atoms with E-state index in [1.165, 1.54) is 0 Å². The lowest BCUT2D eigenvalue weighted by Crippen LogP contribution is -2.20. The summed E-state index contributed by atoms with van der Waals surface area (Å²) in [7, 11) is 0. The molecule has 1 N–H and O–H groups in total. The second-order valence-electron chi connectivity index (χ2n) is 6.43. The highest BCUT2D eigenvalue weighted by atomic mass is 16.5. The van der Waals surface area contributed by atoms with Gasteiger partial charge in [0, 0.05) is 5.69 Å². The lowest BCUT2D eigenvalue weighted by molar-refractivity contribution is -0.119. The van der Waals surface area contributed by atoms with Crippen molar-refractivity contribution in [3.63, 3.8) is 0 Å². The molecule has 0 bridgehead atoms. The van der Waals surface area contributed by atoms with Gasteiger partial charge in [0.05, 0.1) is 28.5 Å². The molecule has 1 heterocycles. The highest BCUT2D eigenvalue weighted by Gasteiger charge is 2.12. The van der Waals surface area contributed by atoms with Gasteiger partial charge in [-0.25, -0.2) is 4.79 Å². The monoisotopic (exact) mass is 405 g/mol. The lowest BCUT2D eigenvalue weighted by atomic mass is 10.2. The third kappa shape index (κ3) is 5.23. The van der Waals surface area contributed by atoms with E-state index in [4.69, 9.17) is 19.3 Å². The number of anilines is 1. The highest BCUT2D eigenvalue weighted by Crippen LogP contribution is 2.18. The molecule has 0 unspecified atom stereocenters. The molecule has 0 atom stereocenters. The van der Waals surface area contributed by atoms with Crippen molar-refractivity contribution in [1.29, 1.82) is 5.26 Å². The number of carbonyl (C=O) groups is 2. The molecule has 0 aliphatic carbocycles. The fourth-order valence-electron chi connectivity index (χ4n) is 2.59. The van der Waals surface area contributed by atoms with E-state index in [9.17, 15) is 9.59 Å². The van der Waals surface area contributed by atoms with Crippen molar-refractivity contribution in [3.8, 4) is 11.8 Å². The first-order chi connectivity index (χ1) is 14.5. The standard InChI is InChI=1S/C22H19N3O5/c1-14-20(15(2)30-25-14)12-28-19-9-5-17(6-10-19)22(27)29-13-21(26)24-18-7-3-16(11-23)4-8-18/h3-10H,12-13H2,1-2H3,(H,24,26). The quantitative estimate of drug-likeness (QED) is 0.598. The zero-order valence-corrected chi connectivity index (χ0v) is 16.5. The number of esters is 1. The van der Waals surface area contributed by atoms with E-state index in [2.05, 4.69) is 10.5 Å². The normalized spacial score (nSPS) is 10.2. The predicted octanol–water partition coefficient (Wildman–Crippen LogP) is 3.54. The number of rotatable bonds is 7. The number of carbonyl (C=O) groups excluding carboxylic acids is 2. The topological polar surface area (TPSA) is 114 Å². The van der Waals surface area contributed by atoms with Crippen molar-refractivity contribution in [3.05, 3.63) is 76.7 Å². The molecule has 30 heavy (non-hydrogen) atoms. The second kappa shape index (κ2) is 9.39. The van der Waals surface area contributed by atoms with Crippen molar-refractivity contribution < 1.29 is 23.6 Å². The summed E-state index contributed by atoms with van der Waals surface area (Å²) < 4.78 is 15.8. The summed E-state index contributed by atoms with van der Waals surface area (Å²) in [5, 5.41) is 15.2. The Kier molecular flexibility index (Phi) is 6.45. The third-order valence-electron chi connectivity index (χ3n) is 4.29. The smallest absolute Gasteiger partial charge is 0.338 e. The number of aryl methyl sites for hydroxylation is 2. The molecule has 8 heteroatoms. The van der Waals surface area contributed by atoms with Crippen LogP contribution in [-0.4, -0.2) is 23.6 Å². The van der Waals surface area contributed by atoms with E-state index in [0.29, 0.717) is 34.9 Å². The van der Waals surface area contributed by atoms with E-state index < -0.39 is 18.5 Å². The van der Waals surface area contributed by atoms with Gasteiger partial charge >= 0.3 is 5.97 Å². The summed E-state index contributed by atoms with van der Waals surface area (Å²) in [5.74, 6) is 0.173. The van der Waals surface area contributed by atoms with Crippen LogP contribution in [-0.2, 0) is 16.1 Å². The van der Waals surface area contributed by atoms with Gasteiger partial charge in [0.25, 0.3) is 5.91 Å². The maximum Gasteiger partial charge on any atom is 0.338 e. The van der Waals surface area contributed by atoms with Gasteiger partial charge in [-0.3, -0.25) is 4.79 Å². The molecule has 0 spiro atoms. The van der Waals surface area contributed by atoms with Crippen LogP contribution in [0.15, 0.2) is 53.1 Å². The summed E-state index contributed by atoms with van der Waals surface area (Å²) in [4.78, 5) is 24.1. The summed E-state index contributed by atoms with van der Waals surface area (Å²) in [6, 6.07) is 14.8. The molecule has 1 aromatic heterocycles. The van der Waals surface area contributed by atoms with Crippen LogP contribution >= 0.6 is 0 Å². The van der Waals surface area contributed by atoms with E-state index in [1.807, 2.05) is 19.9 Å². The Morgan fingerprint density at radius 3 is 2.40 bits per heavy atom. The molecule has 3 rings (SSSR count). The van der Waals surface area contributed by atoms with Crippen LogP contribution in [0.2, 0.25) is 0 Å². The van der Waals surface area contributed by atoms with Gasteiger partial charge in [-0.15, -0.1) is 0 Å². The molecule has 1 amide bonds.